The molecule has 136 valence electrons. The Labute approximate surface area is 161 Å². The molecule has 27 heavy (non-hydrogen) atoms. The first-order valence-electron chi connectivity index (χ1n) is 9.97. The third-order valence-electron chi connectivity index (χ3n) is 5.63. The summed E-state index contributed by atoms with van der Waals surface area (Å²) in [6.07, 6.45) is 10.8. The fraction of sp³-hybridized carbons (Fsp3) is 0.280. The molecule has 0 radical (unpaired) electrons. The van der Waals surface area contributed by atoms with Crippen molar-refractivity contribution in [3.05, 3.63) is 90.3 Å². The molecule has 1 saturated carbocycles. The van der Waals surface area contributed by atoms with Gasteiger partial charge in [0.2, 0.25) is 12.3 Å². The van der Waals surface area contributed by atoms with E-state index in [9.17, 15) is 4.79 Å². The number of Topliss-reactive ketones (excluding diaryl/α,β-unsaturated/α-hetero) is 1. The van der Waals surface area contributed by atoms with E-state index >= 15 is 0 Å². The Morgan fingerprint density at radius 2 is 1.41 bits per heavy atom. The maximum atomic E-state index is 12.3. The molecule has 0 N–H and O–H groups in total. The maximum absolute atomic E-state index is 12.3. The van der Waals surface area contributed by atoms with Crippen molar-refractivity contribution in [2.75, 3.05) is 0 Å². The summed E-state index contributed by atoms with van der Waals surface area (Å²) < 4.78 is 1.94. The standard InChI is InChI=1S/C25H26NO/c27-25(24-9-5-2-6-10-24)19-26-17-15-23(16-18-26)22-13-11-21(12-14-22)20-7-3-1-4-8-20/h2,5-6,9-18,20H,1,3-4,7-8,19H2/q+1. The molecule has 4 rings (SSSR count). The SMILES string of the molecule is O=C(C[n+]1ccc(-c2ccc(C3CCCCC3)cc2)cc1)c1ccccc1. The van der Waals surface area contributed by atoms with E-state index in [4.69, 9.17) is 0 Å². The highest BCUT2D eigenvalue weighted by molar-refractivity contribution is 5.94. The Kier molecular flexibility index (Phi) is 5.43. The molecule has 1 heterocycles. The van der Waals surface area contributed by atoms with Gasteiger partial charge in [0, 0.05) is 17.7 Å². The number of rotatable bonds is 5. The van der Waals surface area contributed by atoms with Crippen LogP contribution >= 0.6 is 0 Å². The van der Waals surface area contributed by atoms with Gasteiger partial charge in [0.15, 0.2) is 12.4 Å². The minimum atomic E-state index is 0.130. The molecule has 2 aromatic carbocycles. The lowest BCUT2D eigenvalue weighted by Crippen LogP contribution is -2.37. The highest BCUT2D eigenvalue weighted by Gasteiger charge is 2.15. The topological polar surface area (TPSA) is 20.9 Å². The molecule has 0 amide bonds. The van der Waals surface area contributed by atoms with Gasteiger partial charge in [-0.25, -0.2) is 0 Å². The summed E-state index contributed by atoms with van der Waals surface area (Å²) in [6.45, 7) is 0.366. The lowest BCUT2D eigenvalue weighted by atomic mass is 9.84. The Balaban J connectivity index is 1.43. The van der Waals surface area contributed by atoms with Crippen molar-refractivity contribution < 1.29 is 9.36 Å². The molecule has 1 aromatic heterocycles. The van der Waals surface area contributed by atoms with Crippen molar-refractivity contribution in [1.29, 1.82) is 0 Å². The second-order valence-electron chi connectivity index (χ2n) is 7.51. The van der Waals surface area contributed by atoms with Crippen molar-refractivity contribution in [2.24, 2.45) is 0 Å². The Morgan fingerprint density at radius 1 is 0.778 bits per heavy atom. The number of hydrogen-bond acceptors (Lipinski definition) is 1. The van der Waals surface area contributed by atoms with Crippen LogP contribution in [0, 0.1) is 0 Å². The molecule has 1 fully saturated rings. The number of hydrogen-bond donors (Lipinski definition) is 0. The quantitative estimate of drug-likeness (QED) is 0.432. The predicted octanol–water partition coefficient (Wildman–Crippen LogP) is 5.57. The minimum absolute atomic E-state index is 0.130. The van der Waals surface area contributed by atoms with Crippen LogP contribution in [0.2, 0.25) is 0 Å². The van der Waals surface area contributed by atoms with E-state index in [-0.39, 0.29) is 5.78 Å². The second-order valence-corrected chi connectivity index (χ2v) is 7.51. The zero-order valence-corrected chi connectivity index (χ0v) is 15.7. The highest BCUT2D eigenvalue weighted by Crippen LogP contribution is 2.33. The van der Waals surface area contributed by atoms with Gasteiger partial charge in [-0.3, -0.25) is 4.79 Å². The van der Waals surface area contributed by atoms with Crippen LogP contribution in [0.4, 0.5) is 0 Å². The van der Waals surface area contributed by atoms with Gasteiger partial charge in [0.25, 0.3) is 0 Å². The van der Waals surface area contributed by atoms with Crippen molar-refractivity contribution in [3.63, 3.8) is 0 Å². The minimum Gasteiger partial charge on any atom is -0.287 e. The Hall–Kier alpha value is -2.74. The van der Waals surface area contributed by atoms with Crippen molar-refractivity contribution >= 4 is 5.78 Å². The number of nitrogens with zero attached hydrogens (tertiary/aromatic N) is 1. The first kappa shape index (κ1) is 17.7. The molecule has 1 aliphatic carbocycles. The number of carbonyl (C=O) groups is 1. The van der Waals surface area contributed by atoms with Crippen LogP contribution in [0.3, 0.4) is 0 Å². The zero-order valence-electron chi connectivity index (χ0n) is 15.7. The Bertz CT molecular complexity index is 876. The van der Waals surface area contributed by atoms with E-state index in [0.29, 0.717) is 6.54 Å². The maximum Gasteiger partial charge on any atom is 0.227 e. The molecule has 3 aromatic rings. The second kappa shape index (κ2) is 8.30. The van der Waals surface area contributed by atoms with Crippen LogP contribution in [-0.2, 0) is 6.54 Å². The molecule has 0 unspecified atom stereocenters. The fourth-order valence-electron chi connectivity index (χ4n) is 4.02. The van der Waals surface area contributed by atoms with Crippen LogP contribution in [-0.4, -0.2) is 5.78 Å². The van der Waals surface area contributed by atoms with E-state index in [1.165, 1.54) is 48.8 Å². The third-order valence-corrected chi connectivity index (χ3v) is 5.63. The molecule has 2 nitrogen and oxygen atoms in total. The number of benzene rings is 2. The third kappa shape index (κ3) is 4.33. The summed E-state index contributed by atoms with van der Waals surface area (Å²) in [5.74, 6) is 0.875. The lowest BCUT2D eigenvalue weighted by Gasteiger charge is -2.22. The van der Waals surface area contributed by atoms with Gasteiger partial charge in [-0.15, -0.1) is 0 Å². The van der Waals surface area contributed by atoms with Gasteiger partial charge in [-0.2, -0.15) is 4.57 Å². The Morgan fingerprint density at radius 3 is 2.07 bits per heavy atom. The van der Waals surface area contributed by atoms with Gasteiger partial charge in [0.05, 0.1) is 0 Å². The van der Waals surface area contributed by atoms with E-state index in [2.05, 4.69) is 36.4 Å². The van der Waals surface area contributed by atoms with Gasteiger partial charge >= 0.3 is 0 Å². The molecule has 0 saturated heterocycles. The smallest absolute Gasteiger partial charge is 0.227 e. The van der Waals surface area contributed by atoms with Crippen LogP contribution < -0.4 is 4.57 Å². The van der Waals surface area contributed by atoms with Gasteiger partial charge in [-0.1, -0.05) is 73.9 Å². The number of pyridine rings is 1. The molecule has 0 atom stereocenters. The van der Waals surface area contributed by atoms with Gasteiger partial charge in [-0.05, 0) is 35.4 Å². The average molecular weight is 356 g/mol. The lowest BCUT2D eigenvalue weighted by molar-refractivity contribution is -0.683. The largest absolute Gasteiger partial charge is 0.287 e. The number of carbonyl (C=O) groups excluding carboxylic acids is 1. The van der Waals surface area contributed by atoms with Crippen LogP contribution in [0.25, 0.3) is 11.1 Å². The van der Waals surface area contributed by atoms with Crippen LogP contribution in [0.5, 0.6) is 0 Å². The summed E-state index contributed by atoms with van der Waals surface area (Å²) in [5, 5.41) is 0. The molecular formula is C25H26NO+. The molecule has 0 aliphatic heterocycles. The zero-order chi connectivity index (χ0) is 18.5. The van der Waals surface area contributed by atoms with Gasteiger partial charge < -0.3 is 0 Å². The molecule has 0 spiro atoms. The summed E-state index contributed by atoms with van der Waals surface area (Å²) in [7, 11) is 0. The first-order valence-corrected chi connectivity index (χ1v) is 9.97. The molecule has 2 heteroatoms. The van der Waals surface area contributed by atoms with Crippen LogP contribution in [0.1, 0.15) is 53.9 Å². The normalized spacial score (nSPS) is 14.8. The van der Waals surface area contributed by atoms with Gasteiger partial charge in [0.1, 0.15) is 0 Å². The molecular weight excluding hydrogens is 330 g/mol. The van der Waals surface area contributed by atoms with Crippen molar-refractivity contribution in [2.45, 2.75) is 44.6 Å². The number of aromatic nitrogens is 1. The molecule has 1 aliphatic rings. The van der Waals surface area contributed by atoms with E-state index in [1.807, 2.05) is 47.3 Å². The average Bonchev–Trinajstić information content (AvgIpc) is 2.76. The fourth-order valence-corrected chi connectivity index (χ4v) is 4.02. The first-order chi connectivity index (χ1) is 13.3. The molecule has 0 bridgehead atoms. The van der Waals surface area contributed by atoms with Crippen molar-refractivity contribution in [1.82, 2.24) is 0 Å². The number of ketones is 1. The van der Waals surface area contributed by atoms with E-state index in [1.54, 1.807) is 0 Å². The van der Waals surface area contributed by atoms with Crippen LogP contribution in [0.15, 0.2) is 79.1 Å². The highest BCUT2D eigenvalue weighted by atomic mass is 16.1. The van der Waals surface area contributed by atoms with Crippen molar-refractivity contribution in [3.8, 4) is 11.1 Å². The van der Waals surface area contributed by atoms with E-state index in [0.717, 1.165) is 11.5 Å². The monoisotopic (exact) mass is 356 g/mol. The summed E-state index contributed by atoms with van der Waals surface area (Å²) in [5.41, 5.74) is 4.66. The van der Waals surface area contributed by atoms with E-state index < -0.39 is 0 Å². The summed E-state index contributed by atoms with van der Waals surface area (Å²) >= 11 is 0. The summed E-state index contributed by atoms with van der Waals surface area (Å²) in [6, 6.07) is 22.7. The summed E-state index contributed by atoms with van der Waals surface area (Å²) in [4.78, 5) is 12.3. The predicted molar refractivity (Wildman–Crippen MR) is 109 cm³/mol.